The molecule has 0 saturated carbocycles. The van der Waals surface area contributed by atoms with Gasteiger partial charge < -0.3 is 14.9 Å². The van der Waals surface area contributed by atoms with Crippen LogP contribution in [0.2, 0.25) is 0 Å². The molecule has 2 N–H and O–H groups in total. The van der Waals surface area contributed by atoms with Gasteiger partial charge in [0, 0.05) is 5.57 Å². The van der Waals surface area contributed by atoms with Gasteiger partial charge in [-0.05, 0) is 19.3 Å². The third kappa shape index (κ3) is 7.48. The monoisotopic (exact) mass is 300 g/mol. The number of hydrogen-bond donors (Lipinski definition) is 2. The molecule has 0 aromatic heterocycles. The fourth-order valence-electron chi connectivity index (χ4n) is 1.80. The van der Waals surface area contributed by atoms with E-state index in [1.807, 2.05) is 6.92 Å². The molecule has 0 aliphatic heterocycles. The van der Waals surface area contributed by atoms with Crippen molar-refractivity contribution in [1.29, 1.82) is 0 Å². The number of carboxylic acids is 2. The fourth-order valence-corrected chi connectivity index (χ4v) is 1.80. The zero-order chi connectivity index (χ0) is 16.4. The molecule has 0 fully saturated rings. The minimum Gasteiger partial charge on any atom is -0.478 e. The molecule has 0 amide bonds. The molecular formula is C15H24O6. The van der Waals surface area contributed by atoms with Gasteiger partial charge in [-0.15, -0.1) is 0 Å². The Balaban J connectivity index is 4.56. The second-order valence-corrected chi connectivity index (χ2v) is 4.99. The van der Waals surface area contributed by atoms with Crippen molar-refractivity contribution in [3.8, 4) is 0 Å². The van der Waals surface area contributed by atoms with Crippen LogP contribution < -0.4 is 0 Å². The smallest absolute Gasteiger partial charge is 0.332 e. The van der Waals surface area contributed by atoms with Crippen LogP contribution in [0.3, 0.4) is 0 Å². The van der Waals surface area contributed by atoms with Gasteiger partial charge in [-0.25, -0.2) is 9.59 Å². The van der Waals surface area contributed by atoms with E-state index in [0.717, 1.165) is 32.6 Å². The highest BCUT2D eigenvalue weighted by molar-refractivity contribution is 6.01. The molecular weight excluding hydrogens is 276 g/mol. The number of carbonyl (C=O) groups excluding carboxylic acids is 1. The molecule has 0 aromatic carbocycles. The number of ether oxygens (including phenoxy) is 1. The van der Waals surface area contributed by atoms with E-state index in [-0.39, 0.29) is 18.1 Å². The third-order valence-corrected chi connectivity index (χ3v) is 3.38. The average Bonchev–Trinajstić information content (AvgIpc) is 2.43. The Kier molecular flexibility index (Phi) is 9.08. The predicted molar refractivity (Wildman–Crippen MR) is 76.9 cm³/mol. The molecule has 6 nitrogen and oxygen atoms in total. The van der Waals surface area contributed by atoms with Crippen molar-refractivity contribution < 1.29 is 29.3 Å². The van der Waals surface area contributed by atoms with Crippen LogP contribution in [0.5, 0.6) is 0 Å². The number of carboxylic acid groups (broad SMARTS) is 2. The van der Waals surface area contributed by atoms with E-state index in [2.05, 4.69) is 6.92 Å². The molecule has 0 aliphatic carbocycles. The van der Waals surface area contributed by atoms with Gasteiger partial charge in [0.15, 0.2) is 0 Å². The first-order valence-electron chi connectivity index (χ1n) is 7.15. The molecule has 21 heavy (non-hydrogen) atoms. The summed E-state index contributed by atoms with van der Waals surface area (Å²) < 4.78 is 5.07. The Morgan fingerprint density at radius 2 is 1.71 bits per heavy atom. The summed E-state index contributed by atoms with van der Waals surface area (Å²) in [6.07, 6.45) is 3.42. The first kappa shape index (κ1) is 19.1. The maximum Gasteiger partial charge on any atom is 0.332 e. The molecule has 0 aromatic rings. The maximum atomic E-state index is 11.7. The summed E-state index contributed by atoms with van der Waals surface area (Å²) in [4.78, 5) is 33.4. The van der Waals surface area contributed by atoms with Gasteiger partial charge in [0.2, 0.25) is 0 Å². The summed E-state index contributed by atoms with van der Waals surface area (Å²) in [5.41, 5.74) is -0.786. The van der Waals surface area contributed by atoms with E-state index >= 15 is 0 Å². The number of unbranched alkanes of at least 4 members (excludes halogenated alkanes) is 1. The van der Waals surface area contributed by atoms with Crippen LogP contribution in [0.1, 0.15) is 52.9 Å². The summed E-state index contributed by atoms with van der Waals surface area (Å²) in [5.74, 6) is -3.21. The Labute approximate surface area is 124 Å². The minimum absolute atomic E-state index is 0.244. The van der Waals surface area contributed by atoms with Gasteiger partial charge in [-0.1, -0.05) is 33.1 Å². The highest BCUT2D eigenvalue weighted by Crippen LogP contribution is 2.15. The summed E-state index contributed by atoms with van der Waals surface area (Å²) in [7, 11) is 0. The van der Waals surface area contributed by atoms with Crippen LogP contribution in [0.4, 0.5) is 0 Å². The largest absolute Gasteiger partial charge is 0.478 e. The Hall–Kier alpha value is -1.85. The van der Waals surface area contributed by atoms with E-state index in [9.17, 15) is 14.4 Å². The van der Waals surface area contributed by atoms with Crippen LogP contribution in [-0.2, 0) is 19.1 Å². The van der Waals surface area contributed by atoms with Gasteiger partial charge >= 0.3 is 17.9 Å². The number of esters is 1. The van der Waals surface area contributed by atoms with E-state index < -0.39 is 29.9 Å². The summed E-state index contributed by atoms with van der Waals surface area (Å²) in [6, 6.07) is 0. The SMILES string of the molecule is CCCCC(CC)COC(=O)C/C(C(=O)O)=C(/C)C(=O)O. The first-order chi connectivity index (χ1) is 9.83. The van der Waals surface area contributed by atoms with Gasteiger partial charge in [0.1, 0.15) is 0 Å². The van der Waals surface area contributed by atoms with Crippen molar-refractivity contribution in [2.45, 2.75) is 52.9 Å². The quantitative estimate of drug-likeness (QED) is 0.475. The fraction of sp³-hybridized carbons (Fsp3) is 0.667. The van der Waals surface area contributed by atoms with Crippen molar-refractivity contribution in [2.75, 3.05) is 6.61 Å². The molecule has 0 aliphatic rings. The Morgan fingerprint density at radius 1 is 1.10 bits per heavy atom. The zero-order valence-electron chi connectivity index (χ0n) is 12.8. The van der Waals surface area contributed by atoms with Crippen LogP contribution >= 0.6 is 0 Å². The molecule has 6 heteroatoms. The molecule has 0 heterocycles. The molecule has 1 unspecified atom stereocenters. The summed E-state index contributed by atoms with van der Waals surface area (Å²) in [6.45, 7) is 5.49. The van der Waals surface area contributed by atoms with Gasteiger partial charge in [-0.3, -0.25) is 4.79 Å². The Bertz CT molecular complexity index is 410. The van der Waals surface area contributed by atoms with Crippen LogP contribution in [0.15, 0.2) is 11.1 Å². The topological polar surface area (TPSA) is 101 Å². The van der Waals surface area contributed by atoms with Crippen molar-refractivity contribution >= 4 is 17.9 Å². The molecule has 1 atom stereocenters. The van der Waals surface area contributed by atoms with Gasteiger partial charge in [0.05, 0.1) is 18.6 Å². The predicted octanol–water partition coefficient (Wildman–Crippen LogP) is 2.62. The molecule has 0 saturated heterocycles. The second-order valence-electron chi connectivity index (χ2n) is 4.99. The van der Waals surface area contributed by atoms with Crippen LogP contribution in [-0.4, -0.2) is 34.7 Å². The summed E-state index contributed by atoms with van der Waals surface area (Å²) in [5, 5.41) is 17.7. The molecule has 0 radical (unpaired) electrons. The molecule has 0 spiro atoms. The molecule has 120 valence electrons. The number of hydrogen-bond acceptors (Lipinski definition) is 4. The average molecular weight is 300 g/mol. The van der Waals surface area contributed by atoms with Crippen LogP contribution in [0, 0.1) is 5.92 Å². The van der Waals surface area contributed by atoms with E-state index in [1.165, 1.54) is 0 Å². The standard InChI is InChI=1S/C15H24O6/c1-4-6-7-11(5-2)9-21-13(16)8-12(15(19)20)10(3)14(17)18/h11H,4-9H2,1-3H3,(H,17,18)(H,19,20)/b12-10+. The second kappa shape index (κ2) is 9.96. The number of aliphatic carboxylic acids is 2. The van der Waals surface area contributed by atoms with Crippen molar-refractivity contribution in [2.24, 2.45) is 5.92 Å². The lowest BCUT2D eigenvalue weighted by molar-refractivity contribution is -0.146. The number of rotatable bonds is 10. The lowest BCUT2D eigenvalue weighted by Crippen LogP contribution is -2.18. The summed E-state index contributed by atoms with van der Waals surface area (Å²) >= 11 is 0. The highest BCUT2D eigenvalue weighted by Gasteiger charge is 2.21. The van der Waals surface area contributed by atoms with E-state index in [1.54, 1.807) is 0 Å². The minimum atomic E-state index is -1.41. The van der Waals surface area contributed by atoms with E-state index in [0.29, 0.717) is 0 Å². The zero-order valence-corrected chi connectivity index (χ0v) is 12.8. The Morgan fingerprint density at radius 3 is 2.14 bits per heavy atom. The van der Waals surface area contributed by atoms with Gasteiger partial charge in [-0.2, -0.15) is 0 Å². The maximum absolute atomic E-state index is 11.7. The van der Waals surface area contributed by atoms with Crippen molar-refractivity contribution in [1.82, 2.24) is 0 Å². The molecule has 0 bridgehead atoms. The van der Waals surface area contributed by atoms with Crippen molar-refractivity contribution in [3.63, 3.8) is 0 Å². The van der Waals surface area contributed by atoms with Crippen molar-refractivity contribution in [3.05, 3.63) is 11.1 Å². The number of carbonyl (C=O) groups is 3. The lowest BCUT2D eigenvalue weighted by atomic mass is 10.0. The first-order valence-corrected chi connectivity index (χ1v) is 7.15. The lowest BCUT2D eigenvalue weighted by Gasteiger charge is -2.14. The van der Waals surface area contributed by atoms with Gasteiger partial charge in [0.25, 0.3) is 0 Å². The van der Waals surface area contributed by atoms with Crippen LogP contribution in [0.25, 0.3) is 0 Å². The normalized spacial score (nSPS) is 13.3. The highest BCUT2D eigenvalue weighted by atomic mass is 16.5. The third-order valence-electron chi connectivity index (χ3n) is 3.38. The van der Waals surface area contributed by atoms with E-state index in [4.69, 9.17) is 14.9 Å². The molecule has 0 rings (SSSR count).